The van der Waals surface area contributed by atoms with E-state index in [2.05, 4.69) is 52.0 Å². The third-order valence-electron chi connectivity index (χ3n) is 3.26. The van der Waals surface area contributed by atoms with Crippen LogP contribution in [-0.4, -0.2) is 26.5 Å². The molecule has 0 aliphatic carbocycles. The number of amides is 1. The topological polar surface area (TPSA) is 59.8 Å². The standard InChI is InChI=1S/C15H19BrN4O/c1-15(2,3)13(9-20-7-6-17-10-20)19-14(21)12-5-4-11(16)8-18-12/h4-8,10,13H,9H2,1-3H3,(H,19,21). The van der Waals surface area contributed by atoms with Gasteiger partial charge < -0.3 is 9.88 Å². The number of nitrogens with zero attached hydrogens (tertiary/aromatic N) is 3. The van der Waals surface area contributed by atoms with E-state index in [9.17, 15) is 4.79 Å². The second-order valence-corrected chi connectivity index (χ2v) is 6.93. The molecule has 2 aromatic heterocycles. The van der Waals surface area contributed by atoms with Crippen LogP contribution in [0.15, 0.2) is 41.5 Å². The Morgan fingerprint density at radius 2 is 2.19 bits per heavy atom. The minimum atomic E-state index is -0.164. The fraction of sp³-hybridized carbons (Fsp3) is 0.400. The van der Waals surface area contributed by atoms with Gasteiger partial charge >= 0.3 is 0 Å². The minimum absolute atomic E-state index is 0.0235. The molecule has 6 heteroatoms. The molecule has 5 nitrogen and oxygen atoms in total. The normalized spacial score (nSPS) is 13.0. The molecule has 0 saturated heterocycles. The Balaban J connectivity index is 2.11. The van der Waals surface area contributed by atoms with Crippen molar-refractivity contribution in [2.75, 3.05) is 0 Å². The van der Waals surface area contributed by atoms with Gasteiger partial charge in [0.05, 0.1) is 12.4 Å². The molecular formula is C15H19BrN4O. The summed E-state index contributed by atoms with van der Waals surface area (Å²) >= 11 is 3.31. The molecule has 21 heavy (non-hydrogen) atoms. The molecule has 0 aromatic carbocycles. The summed E-state index contributed by atoms with van der Waals surface area (Å²) in [4.78, 5) is 20.5. The van der Waals surface area contributed by atoms with Crippen LogP contribution in [0.5, 0.6) is 0 Å². The maximum Gasteiger partial charge on any atom is 0.270 e. The SMILES string of the molecule is CC(C)(C)C(Cn1ccnc1)NC(=O)c1ccc(Br)cn1. The summed E-state index contributed by atoms with van der Waals surface area (Å²) in [5.74, 6) is -0.164. The molecule has 1 unspecified atom stereocenters. The first-order chi connectivity index (χ1) is 9.86. The fourth-order valence-corrected chi connectivity index (χ4v) is 2.12. The number of nitrogens with one attached hydrogen (secondary N) is 1. The van der Waals surface area contributed by atoms with E-state index in [1.54, 1.807) is 24.8 Å². The Kier molecular flexibility index (Phi) is 4.77. The van der Waals surface area contributed by atoms with Crippen LogP contribution in [0.3, 0.4) is 0 Å². The van der Waals surface area contributed by atoms with Crippen LogP contribution in [-0.2, 0) is 6.54 Å². The predicted octanol–water partition coefficient (Wildman–Crippen LogP) is 2.89. The van der Waals surface area contributed by atoms with Gasteiger partial charge in [-0.15, -0.1) is 0 Å². The molecule has 0 aliphatic heterocycles. The summed E-state index contributed by atoms with van der Waals surface area (Å²) in [6.07, 6.45) is 7.00. The van der Waals surface area contributed by atoms with E-state index in [-0.39, 0.29) is 17.4 Å². The Hall–Kier alpha value is -1.69. The molecular weight excluding hydrogens is 332 g/mol. The molecule has 0 saturated carbocycles. The van der Waals surface area contributed by atoms with Crippen molar-refractivity contribution in [2.45, 2.75) is 33.4 Å². The van der Waals surface area contributed by atoms with Gasteiger partial charge in [0.2, 0.25) is 0 Å². The van der Waals surface area contributed by atoms with Crippen LogP contribution < -0.4 is 5.32 Å². The molecule has 1 N–H and O–H groups in total. The van der Waals surface area contributed by atoms with Gasteiger partial charge in [-0.1, -0.05) is 20.8 Å². The lowest BCUT2D eigenvalue weighted by Crippen LogP contribution is -2.46. The molecule has 0 aliphatic rings. The van der Waals surface area contributed by atoms with Gasteiger partial charge in [0.1, 0.15) is 5.69 Å². The monoisotopic (exact) mass is 350 g/mol. The summed E-state index contributed by atoms with van der Waals surface area (Å²) in [5.41, 5.74) is 0.341. The molecule has 0 spiro atoms. The number of pyridine rings is 1. The number of carbonyl (C=O) groups excluding carboxylic acids is 1. The van der Waals surface area contributed by atoms with Crippen LogP contribution in [0.2, 0.25) is 0 Å². The molecule has 0 bridgehead atoms. The molecule has 2 aromatic rings. The smallest absolute Gasteiger partial charge is 0.270 e. The predicted molar refractivity (Wildman–Crippen MR) is 84.9 cm³/mol. The highest BCUT2D eigenvalue weighted by molar-refractivity contribution is 9.10. The number of carbonyl (C=O) groups is 1. The highest BCUT2D eigenvalue weighted by atomic mass is 79.9. The number of hydrogen-bond donors (Lipinski definition) is 1. The average Bonchev–Trinajstić information content (AvgIpc) is 2.90. The highest BCUT2D eigenvalue weighted by Gasteiger charge is 2.27. The van der Waals surface area contributed by atoms with Crippen molar-refractivity contribution in [3.8, 4) is 0 Å². The van der Waals surface area contributed by atoms with Crippen molar-refractivity contribution in [1.29, 1.82) is 0 Å². The van der Waals surface area contributed by atoms with Crippen molar-refractivity contribution in [2.24, 2.45) is 5.41 Å². The lowest BCUT2D eigenvalue weighted by Gasteiger charge is -2.31. The van der Waals surface area contributed by atoms with Gasteiger partial charge in [0, 0.05) is 29.6 Å². The first kappa shape index (κ1) is 15.7. The van der Waals surface area contributed by atoms with E-state index in [1.807, 2.05) is 16.8 Å². The van der Waals surface area contributed by atoms with Gasteiger partial charge in [-0.3, -0.25) is 4.79 Å². The van der Waals surface area contributed by atoms with Gasteiger partial charge in [-0.25, -0.2) is 9.97 Å². The lowest BCUT2D eigenvalue weighted by atomic mass is 9.86. The second kappa shape index (κ2) is 6.39. The maximum atomic E-state index is 12.3. The van der Waals surface area contributed by atoms with Crippen LogP contribution in [0.4, 0.5) is 0 Å². The quantitative estimate of drug-likeness (QED) is 0.922. The molecule has 1 atom stereocenters. The van der Waals surface area contributed by atoms with Crippen LogP contribution >= 0.6 is 15.9 Å². The maximum absolute atomic E-state index is 12.3. The van der Waals surface area contributed by atoms with E-state index in [0.29, 0.717) is 12.2 Å². The summed E-state index contributed by atoms with van der Waals surface area (Å²) in [5, 5.41) is 3.07. The van der Waals surface area contributed by atoms with Gasteiger partial charge in [0.25, 0.3) is 5.91 Å². The zero-order valence-corrected chi connectivity index (χ0v) is 14.0. The number of rotatable bonds is 4. The molecule has 112 valence electrons. The number of hydrogen-bond acceptors (Lipinski definition) is 3. The van der Waals surface area contributed by atoms with Crippen molar-refractivity contribution < 1.29 is 4.79 Å². The largest absolute Gasteiger partial charge is 0.346 e. The van der Waals surface area contributed by atoms with Crippen molar-refractivity contribution in [1.82, 2.24) is 19.9 Å². The Bertz CT molecular complexity index is 587. The van der Waals surface area contributed by atoms with E-state index in [1.165, 1.54) is 0 Å². The van der Waals surface area contributed by atoms with Crippen molar-refractivity contribution in [3.63, 3.8) is 0 Å². The van der Waals surface area contributed by atoms with E-state index in [4.69, 9.17) is 0 Å². The molecule has 2 heterocycles. The number of halogens is 1. The molecule has 1 amide bonds. The fourth-order valence-electron chi connectivity index (χ4n) is 1.88. The van der Waals surface area contributed by atoms with Gasteiger partial charge in [0.15, 0.2) is 0 Å². The van der Waals surface area contributed by atoms with Crippen LogP contribution in [0.1, 0.15) is 31.3 Å². The minimum Gasteiger partial charge on any atom is -0.346 e. The van der Waals surface area contributed by atoms with E-state index >= 15 is 0 Å². The van der Waals surface area contributed by atoms with Gasteiger partial charge in [-0.05, 0) is 33.5 Å². The first-order valence-electron chi connectivity index (χ1n) is 6.74. The third kappa shape index (κ3) is 4.39. The summed E-state index contributed by atoms with van der Waals surface area (Å²) < 4.78 is 2.82. The lowest BCUT2D eigenvalue weighted by molar-refractivity contribution is 0.0887. The Labute approximate surface area is 132 Å². The zero-order chi connectivity index (χ0) is 15.5. The van der Waals surface area contributed by atoms with Crippen LogP contribution in [0.25, 0.3) is 0 Å². The van der Waals surface area contributed by atoms with Crippen molar-refractivity contribution in [3.05, 3.63) is 47.2 Å². The third-order valence-corrected chi connectivity index (χ3v) is 3.73. The Morgan fingerprint density at radius 1 is 1.43 bits per heavy atom. The molecule has 2 rings (SSSR count). The summed E-state index contributed by atoms with van der Waals surface area (Å²) in [6, 6.07) is 3.49. The van der Waals surface area contributed by atoms with Crippen molar-refractivity contribution >= 4 is 21.8 Å². The number of imidazole rings is 1. The van der Waals surface area contributed by atoms with Gasteiger partial charge in [-0.2, -0.15) is 0 Å². The average molecular weight is 351 g/mol. The van der Waals surface area contributed by atoms with E-state index in [0.717, 1.165) is 4.47 Å². The van der Waals surface area contributed by atoms with Crippen LogP contribution in [0, 0.1) is 5.41 Å². The second-order valence-electron chi connectivity index (χ2n) is 6.01. The zero-order valence-electron chi connectivity index (χ0n) is 12.4. The molecule has 0 fully saturated rings. The molecule has 0 radical (unpaired) electrons. The highest BCUT2D eigenvalue weighted by Crippen LogP contribution is 2.21. The Morgan fingerprint density at radius 3 is 2.71 bits per heavy atom. The van der Waals surface area contributed by atoms with E-state index < -0.39 is 0 Å². The first-order valence-corrected chi connectivity index (χ1v) is 7.54. The number of aromatic nitrogens is 3. The summed E-state index contributed by atoms with van der Waals surface area (Å²) in [6.45, 7) is 6.98. The summed E-state index contributed by atoms with van der Waals surface area (Å²) in [7, 11) is 0.